The predicted molar refractivity (Wildman–Crippen MR) is 131 cm³/mol. The first-order valence-corrected chi connectivity index (χ1v) is 11.9. The molecule has 1 unspecified atom stereocenters. The SMILES string of the molecule is CCN(CC)c1nc(Nc2ccc(F)c(F)c2)nc(N2CCN(c3ncccc3C(F)(F)F)CC2C)n1. The molecule has 1 saturated heterocycles. The Hall–Kier alpha value is -3.77. The third-order valence-corrected chi connectivity index (χ3v) is 6.11. The lowest BCUT2D eigenvalue weighted by Gasteiger charge is -2.41. The lowest BCUT2D eigenvalue weighted by atomic mass is 10.1. The Labute approximate surface area is 211 Å². The number of piperazine rings is 1. The van der Waals surface area contributed by atoms with Crippen LogP contribution in [0.5, 0.6) is 0 Å². The van der Waals surface area contributed by atoms with Crippen LogP contribution in [0.25, 0.3) is 0 Å². The maximum Gasteiger partial charge on any atom is 0.419 e. The highest BCUT2D eigenvalue weighted by atomic mass is 19.4. The molecule has 0 amide bonds. The van der Waals surface area contributed by atoms with E-state index in [0.717, 1.165) is 18.2 Å². The Morgan fingerprint density at radius 1 is 1.03 bits per heavy atom. The van der Waals surface area contributed by atoms with Gasteiger partial charge in [0.15, 0.2) is 11.6 Å². The Morgan fingerprint density at radius 3 is 2.43 bits per heavy atom. The lowest BCUT2D eigenvalue weighted by molar-refractivity contribution is -0.137. The quantitative estimate of drug-likeness (QED) is 0.441. The van der Waals surface area contributed by atoms with Crippen molar-refractivity contribution in [2.45, 2.75) is 33.0 Å². The molecule has 0 aliphatic carbocycles. The smallest absolute Gasteiger partial charge is 0.352 e. The van der Waals surface area contributed by atoms with Crippen LogP contribution in [0.4, 0.5) is 51.3 Å². The van der Waals surface area contributed by atoms with E-state index in [1.54, 1.807) is 4.90 Å². The lowest BCUT2D eigenvalue weighted by Crippen LogP contribution is -2.53. The van der Waals surface area contributed by atoms with Crippen LogP contribution >= 0.6 is 0 Å². The molecule has 3 heterocycles. The van der Waals surface area contributed by atoms with Crippen molar-refractivity contribution in [1.82, 2.24) is 19.9 Å². The topological polar surface area (TPSA) is 73.3 Å². The van der Waals surface area contributed by atoms with E-state index >= 15 is 0 Å². The molecule has 0 saturated carbocycles. The molecule has 4 rings (SSSR count). The molecule has 1 N–H and O–H groups in total. The summed E-state index contributed by atoms with van der Waals surface area (Å²) >= 11 is 0. The molecule has 3 aromatic rings. The van der Waals surface area contributed by atoms with Gasteiger partial charge in [0.25, 0.3) is 0 Å². The number of nitrogens with zero attached hydrogens (tertiary/aromatic N) is 7. The second-order valence-electron chi connectivity index (χ2n) is 8.55. The molecule has 0 bridgehead atoms. The minimum absolute atomic E-state index is 0.110. The van der Waals surface area contributed by atoms with Crippen molar-refractivity contribution in [3.63, 3.8) is 0 Å². The van der Waals surface area contributed by atoms with Gasteiger partial charge < -0.3 is 20.0 Å². The Balaban J connectivity index is 1.63. The highest BCUT2D eigenvalue weighted by Crippen LogP contribution is 2.36. The first kappa shape index (κ1) is 26.3. The summed E-state index contributed by atoms with van der Waals surface area (Å²) in [6.45, 7) is 7.86. The molecule has 37 heavy (non-hydrogen) atoms. The van der Waals surface area contributed by atoms with E-state index in [2.05, 4.69) is 25.3 Å². The van der Waals surface area contributed by atoms with E-state index in [4.69, 9.17) is 0 Å². The first-order valence-electron chi connectivity index (χ1n) is 11.9. The molecule has 0 spiro atoms. The normalized spacial score (nSPS) is 16.2. The molecule has 1 fully saturated rings. The zero-order valence-corrected chi connectivity index (χ0v) is 20.6. The molecule has 1 aromatic carbocycles. The van der Waals surface area contributed by atoms with Crippen LogP contribution in [0.1, 0.15) is 26.3 Å². The fourth-order valence-corrected chi connectivity index (χ4v) is 4.21. The molecule has 13 heteroatoms. The summed E-state index contributed by atoms with van der Waals surface area (Å²) in [5.74, 6) is -1.25. The number of halogens is 5. The summed E-state index contributed by atoms with van der Waals surface area (Å²) in [6.07, 6.45) is -3.17. The number of pyridine rings is 1. The summed E-state index contributed by atoms with van der Waals surface area (Å²) in [5, 5.41) is 2.90. The maximum absolute atomic E-state index is 13.7. The van der Waals surface area contributed by atoms with Crippen molar-refractivity contribution in [1.29, 1.82) is 0 Å². The van der Waals surface area contributed by atoms with Gasteiger partial charge in [-0.1, -0.05) is 0 Å². The summed E-state index contributed by atoms with van der Waals surface area (Å²) in [5.41, 5.74) is -0.521. The van der Waals surface area contributed by atoms with Crippen LogP contribution in [0, 0.1) is 11.6 Å². The standard InChI is InChI=1S/C24H27F5N8/c1-4-35(5-2)22-32-21(31-16-8-9-18(25)19(26)13-16)33-23(34-22)37-12-11-36(14-15(37)3)20-17(24(27,28)29)7-6-10-30-20/h6-10,13,15H,4-5,11-12,14H2,1-3H3,(H,31,32,33,34). The highest BCUT2D eigenvalue weighted by molar-refractivity contribution is 5.57. The van der Waals surface area contributed by atoms with Gasteiger partial charge in [-0.3, -0.25) is 0 Å². The summed E-state index contributed by atoms with van der Waals surface area (Å²) < 4.78 is 67.7. The van der Waals surface area contributed by atoms with Crippen molar-refractivity contribution in [2.75, 3.05) is 52.7 Å². The molecular weight excluding hydrogens is 495 g/mol. The fraction of sp³-hybridized carbons (Fsp3) is 0.417. The summed E-state index contributed by atoms with van der Waals surface area (Å²) in [4.78, 5) is 23.0. The molecule has 8 nitrogen and oxygen atoms in total. The van der Waals surface area contributed by atoms with Crippen LogP contribution in [0.2, 0.25) is 0 Å². The monoisotopic (exact) mass is 522 g/mol. The van der Waals surface area contributed by atoms with Crippen LogP contribution in [-0.2, 0) is 6.18 Å². The second-order valence-corrected chi connectivity index (χ2v) is 8.55. The largest absolute Gasteiger partial charge is 0.419 e. The van der Waals surface area contributed by atoms with E-state index in [9.17, 15) is 22.0 Å². The van der Waals surface area contributed by atoms with Gasteiger partial charge in [0.1, 0.15) is 5.82 Å². The van der Waals surface area contributed by atoms with Crippen molar-refractivity contribution in [3.05, 3.63) is 53.7 Å². The van der Waals surface area contributed by atoms with E-state index in [1.807, 2.05) is 30.6 Å². The number of rotatable bonds is 7. The van der Waals surface area contributed by atoms with Gasteiger partial charge in [-0.05, 0) is 45.0 Å². The van der Waals surface area contributed by atoms with Crippen LogP contribution in [0.3, 0.4) is 0 Å². The Morgan fingerprint density at radius 2 is 1.78 bits per heavy atom. The molecule has 1 aliphatic heterocycles. The number of nitrogens with one attached hydrogen (secondary N) is 1. The van der Waals surface area contributed by atoms with Gasteiger partial charge in [0.2, 0.25) is 17.8 Å². The second kappa shape index (κ2) is 10.7. The highest BCUT2D eigenvalue weighted by Gasteiger charge is 2.37. The van der Waals surface area contributed by atoms with Gasteiger partial charge in [0, 0.05) is 56.7 Å². The first-order chi connectivity index (χ1) is 17.6. The van der Waals surface area contributed by atoms with Crippen molar-refractivity contribution in [3.8, 4) is 0 Å². The molecule has 1 aliphatic rings. The van der Waals surface area contributed by atoms with Crippen molar-refractivity contribution >= 4 is 29.4 Å². The number of benzene rings is 1. The van der Waals surface area contributed by atoms with Crippen molar-refractivity contribution < 1.29 is 22.0 Å². The third kappa shape index (κ3) is 5.81. The third-order valence-electron chi connectivity index (χ3n) is 6.11. The average Bonchev–Trinajstić information content (AvgIpc) is 2.86. The molecule has 0 radical (unpaired) electrons. The average molecular weight is 523 g/mol. The summed E-state index contributed by atoms with van der Waals surface area (Å²) in [6, 6.07) is 5.40. The molecular formula is C24H27F5N8. The number of hydrogen-bond donors (Lipinski definition) is 1. The van der Waals surface area contributed by atoms with Crippen LogP contribution in [-0.4, -0.2) is 58.7 Å². The van der Waals surface area contributed by atoms with E-state index in [-0.39, 0.29) is 36.6 Å². The van der Waals surface area contributed by atoms with E-state index < -0.39 is 23.4 Å². The fourth-order valence-electron chi connectivity index (χ4n) is 4.21. The number of hydrogen-bond acceptors (Lipinski definition) is 8. The van der Waals surface area contributed by atoms with Crippen LogP contribution in [0.15, 0.2) is 36.5 Å². The van der Waals surface area contributed by atoms with Gasteiger partial charge in [-0.15, -0.1) is 0 Å². The van der Waals surface area contributed by atoms with E-state index in [0.29, 0.717) is 31.5 Å². The molecule has 198 valence electrons. The zero-order valence-electron chi connectivity index (χ0n) is 20.6. The Bertz CT molecular complexity index is 1230. The summed E-state index contributed by atoms with van der Waals surface area (Å²) in [7, 11) is 0. The van der Waals surface area contributed by atoms with Crippen molar-refractivity contribution in [2.24, 2.45) is 0 Å². The predicted octanol–water partition coefficient (Wildman–Crippen LogP) is 4.87. The number of aromatic nitrogens is 4. The maximum atomic E-state index is 13.7. The van der Waals surface area contributed by atoms with Gasteiger partial charge in [-0.25, -0.2) is 13.8 Å². The molecule has 1 atom stereocenters. The molecule has 2 aromatic heterocycles. The number of alkyl halides is 3. The van der Waals surface area contributed by atoms with Gasteiger partial charge in [-0.2, -0.15) is 28.1 Å². The minimum Gasteiger partial charge on any atom is -0.352 e. The van der Waals surface area contributed by atoms with Gasteiger partial charge >= 0.3 is 6.18 Å². The van der Waals surface area contributed by atoms with E-state index in [1.165, 1.54) is 18.3 Å². The Kier molecular flexibility index (Phi) is 7.60. The van der Waals surface area contributed by atoms with Crippen LogP contribution < -0.4 is 20.0 Å². The number of anilines is 5. The zero-order chi connectivity index (χ0) is 26.7. The van der Waals surface area contributed by atoms with Gasteiger partial charge in [0.05, 0.1) is 5.56 Å². The minimum atomic E-state index is -4.52.